The number of nitrogens with zero attached hydrogens (tertiary/aromatic N) is 5. The molecule has 0 fully saturated rings. The number of ether oxygens (including phenoxy) is 1. The molecule has 276 valence electrons. The molecule has 5 aromatic heterocycles. The standard InChI is InChI=1S/C52H37N5O/c1-52(2,3)33-25-26-53-50(27-33)56-44-18-7-4-15-38(44)41-24-23-37(31-49(41)56)58-36-14-12-13-34(28-36)54-32-55(48-22-11-10-21-47(48)54)35-29-42-39-16-5-8-19-45(39)57-46-20-9-6-17-40(46)43(30-35)51(42)57/h4-31H,1-3H3. The molecule has 0 saturated carbocycles. The van der Waals surface area contributed by atoms with Gasteiger partial charge in [-0.25, -0.2) is 4.98 Å². The SMILES string of the molecule is CC(C)(C)c1ccnc(-n2c3ccccc3c3ccc(Oc4cccc(-n5[c-][n+](-c6cc7c8ccccc8n8c9ccccc9c(c6)c78)c6ccccc65)c4)cc32)c1. The summed E-state index contributed by atoms with van der Waals surface area (Å²) in [5.41, 5.74) is 11.2. The quantitative estimate of drug-likeness (QED) is 0.130. The molecular weight excluding hydrogens is 711 g/mol. The largest absolute Gasteiger partial charge is 0.458 e. The van der Waals surface area contributed by atoms with Gasteiger partial charge in [-0.05, 0) is 83.8 Å². The number of hydrogen-bond donors (Lipinski definition) is 0. The van der Waals surface area contributed by atoms with Crippen LogP contribution in [-0.4, -0.2) is 18.5 Å². The molecule has 7 aromatic carbocycles. The fraction of sp³-hybridized carbons (Fsp3) is 0.0769. The third kappa shape index (κ3) is 4.78. The smallest absolute Gasteiger partial charge is 0.269 e. The van der Waals surface area contributed by atoms with Gasteiger partial charge in [-0.1, -0.05) is 106 Å². The van der Waals surface area contributed by atoms with Crippen LogP contribution in [0.5, 0.6) is 11.5 Å². The molecule has 6 nitrogen and oxygen atoms in total. The van der Waals surface area contributed by atoms with Gasteiger partial charge in [0.05, 0.1) is 50.0 Å². The summed E-state index contributed by atoms with van der Waals surface area (Å²) < 4.78 is 15.7. The summed E-state index contributed by atoms with van der Waals surface area (Å²) in [7, 11) is 0. The van der Waals surface area contributed by atoms with Gasteiger partial charge in [0.25, 0.3) is 6.33 Å². The van der Waals surface area contributed by atoms with Crippen LogP contribution >= 0.6 is 0 Å². The molecule has 0 unspecified atom stereocenters. The van der Waals surface area contributed by atoms with Crippen LogP contribution in [0.25, 0.3) is 88.1 Å². The van der Waals surface area contributed by atoms with E-state index in [1.165, 1.54) is 49.0 Å². The average molecular weight is 748 g/mol. The Morgan fingerprint density at radius 3 is 1.88 bits per heavy atom. The second-order valence-electron chi connectivity index (χ2n) is 16.3. The van der Waals surface area contributed by atoms with E-state index in [-0.39, 0.29) is 5.41 Å². The van der Waals surface area contributed by atoms with Crippen LogP contribution < -0.4 is 9.30 Å². The van der Waals surface area contributed by atoms with Gasteiger partial charge in [0.1, 0.15) is 17.3 Å². The fourth-order valence-corrected chi connectivity index (χ4v) is 9.10. The Kier molecular flexibility index (Phi) is 6.80. The number of rotatable bonds is 5. The number of benzene rings is 7. The van der Waals surface area contributed by atoms with E-state index in [4.69, 9.17) is 9.72 Å². The van der Waals surface area contributed by atoms with Crippen molar-refractivity contribution >= 4 is 70.9 Å². The molecule has 0 radical (unpaired) electrons. The van der Waals surface area contributed by atoms with E-state index < -0.39 is 0 Å². The van der Waals surface area contributed by atoms with Gasteiger partial charge >= 0.3 is 0 Å². The Morgan fingerprint density at radius 1 is 0.534 bits per heavy atom. The highest BCUT2D eigenvalue weighted by molar-refractivity contribution is 6.23. The lowest BCUT2D eigenvalue weighted by Crippen LogP contribution is -2.29. The average Bonchev–Trinajstić information content (AvgIpc) is 3.99. The van der Waals surface area contributed by atoms with Crippen LogP contribution in [0.15, 0.2) is 170 Å². The van der Waals surface area contributed by atoms with Gasteiger partial charge in [-0.2, -0.15) is 0 Å². The second kappa shape index (κ2) is 12.0. The Bertz CT molecular complexity index is 3510. The number of hydrogen-bond acceptors (Lipinski definition) is 2. The van der Waals surface area contributed by atoms with Crippen molar-refractivity contribution in [1.29, 1.82) is 0 Å². The third-order valence-electron chi connectivity index (χ3n) is 11.8. The Balaban J connectivity index is 0.973. The molecule has 0 aliphatic heterocycles. The number of aromatic nitrogens is 5. The minimum atomic E-state index is -0.00446. The van der Waals surface area contributed by atoms with E-state index >= 15 is 0 Å². The second-order valence-corrected chi connectivity index (χ2v) is 16.3. The first-order valence-corrected chi connectivity index (χ1v) is 19.8. The molecule has 0 N–H and O–H groups in total. The monoisotopic (exact) mass is 747 g/mol. The van der Waals surface area contributed by atoms with E-state index in [0.717, 1.165) is 56.1 Å². The van der Waals surface area contributed by atoms with Crippen molar-refractivity contribution in [3.8, 4) is 28.7 Å². The van der Waals surface area contributed by atoms with E-state index in [2.05, 4.69) is 197 Å². The Labute approximate surface area is 334 Å². The number of pyridine rings is 1. The summed E-state index contributed by atoms with van der Waals surface area (Å²) in [5.74, 6) is 2.39. The van der Waals surface area contributed by atoms with Crippen molar-refractivity contribution in [3.63, 3.8) is 0 Å². The molecule has 58 heavy (non-hydrogen) atoms. The molecule has 12 rings (SSSR count). The van der Waals surface area contributed by atoms with Crippen molar-refractivity contribution in [2.75, 3.05) is 0 Å². The van der Waals surface area contributed by atoms with Gasteiger partial charge in [-0.3, -0.25) is 13.7 Å². The van der Waals surface area contributed by atoms with Crippen LogP contribution in [0.4, 0.5) is 0 Å². The third-order valence-corrected chi connectivity index (χ3v) is 11.8. The first-order chi connectivity index (χ1) is 28.4. The summed E-state index contributed by atoms with van der Waals surface area (Å²) >= 11 is 0. The zero-order chi connectivity index (χ0) is 38.7. The summed E-state index contributed by atoms with van der Waals surface area (Å²) in [4.78, 5) is 4.86. The molecule has 0 amide bonds. The molecule has 6 heteroatoms. The Hall–Kier alpha value is -7.44. The van der Waals surface area contributed by atoms with Crippen LogP contribution in [-0.2, 0) is 5.41 Å². The molecular formula is C52H37N5O. The molecule has 12 aromatic rings. The highest BCUT2D eigenvalue weighted by Crippen LogP contribution is 2.40. The summed E-state index contributed by atoms with van der Waals surface area (Å²) in [6, 6.07) is 58.1. The minimum absolute atomic E-state index is 0.00446. The maximum Gasteiger partial charge on any atom is 0.269 e. The number of fused-ring (bicyclic) bond motifs is 10. The van der Waals surface area contributed by atoms with E-state index in [1.807, 2.05) is 18.3 Å². The maximum atomic E-state index is 6.70. The minimum Gasteiger partial charge on any atom is -0.458 e. The van der Waals surface area contributed by atoms with E-state index in [0.29, 0.717) is 0 Å². The lowest BCUT2D eigenvalue weighted by Gasteiger charge is -2.20. The summed E-state index contributed by atoms with van der Waals surface area (Å²) in [5, 5.41) is 7.31. The summed E-state index contributed by atoms with van der Waals surface area (Å²) in [6.07, 6.45) is 5.67. The molecule has 0 aliphatic carbocycles. The van der Waals surface area contributed by atoms with Gasteiger partial charge < -0.3 is 9.14 Å². The molecule has 0 spiro atoms. The zero-order valence-corrected chi connectivity index (χ0v) is 32.3. The molecule has 0 bridgehead atoms. The normalized spacial score (nSPS) is 12.4. The van der Waals surface area contributed by atoms with Crippen molar-refractivity contribution < 1.29 is 9.30 Å². The highest BCUT2D eigenvalue weighted by atomic mass is 16.5. The van der Waals surface area contributed by atoms with Gasteiger partial charge in [0.2, 0.25) is 0 Å². The van der Waals surface area contributed by atoms with Gasteiger partial charge in [0.15, 0.2) is 0 Å². The first-order valence-electron chi connectivity index (χ1n) is 19.8. The van der Waals surface area contributed by atoms with Crippen LogP contribution in [0.1, 0.15) is 26.3 Å². The number of para-hydroxylation sites is 5. The topological polar surface area (TPSA) is 40.3 Å². The maximum absolute atomic E-state index is 6.70. The van der Waals surface area contributed by atoms with E-state index in [1.54, 1.807) is 0 Å². The first kappa shape index (κ1) is 32.8. The van der Waals surface area contributed by atoms with Crippen molar-refractivity contribution in [1.82, 2.24) is 18.5 Å². The predicted molar refractivity (Wildman–Crippen MR) is 236 cm³/mol. The predicted octanol–water partition coefficient (Wildman–Crippen LogP) is 12.4. The highest BCUT2D eigenvalue weighted by Gasteiger charge is 2.21. The number of imidazole rings is 1. The molecule has 0 saturated heterocycles. The Morgan fingerprint density at radius 2 is 1.16 bits per heavy atom. The van der Waals surface area contributed by atoms with Crippen LogP contribution in [0, 0.1) is 6.33 Å². The lowest BCUT2D eigenvalue weighted by molar-refractivity contribution is -0.572. The van der Waals surface area contributed by atoms with Crippen LogP contribution in [0.3, 0.4) is 0 Å². The summed E-state index contributed by atoms with van der Waals surface area (Å²) in [6.45, 7) is 6.71. The zero-order valence-electron chi connectivity index (χ0n) is 32.3. The molecule has 0 aliphatic rings. The molecule has 5 heterocycles. The van der Waals surface area contributed by atoms with Crippen molar-refractivity contribution in [3.05, 3.63) is 182 Å². The van der Waals surface area contributed by atoms with Gasteiger partial charge in [-0.15, -0.1) is 0 Å². The van der Waals surface area contributed by atoms with Crippen molar-refractivity contribution in [2.45, 2.75) is 26.2 Å². The van der Waals surface area contributed by atoms with Gasteiger partial charge in [0, 0.05) is 44.6 Å². The lowest BCUT2D eigenvalue weighted by atomic mass is 9.88. The van der Waals surface area contributed by atoms with E-state index in [9.17, 15) is 0 Å². The molecule has 0 atom stereocenters. The fourth-order valence-electron chi connectivity index (χ4n) is 9.10. The van der Waals surface area contributed by atoms with Crippen LogP contribution in [0.2, 0.25) is 0 Å². The van der Waals surface area contributed by atoms with Crippen molar-refractivity contribution in [2.24, 2.45) is 0 Å².